The van der Waals surface area contributed by atoms with Crippen LogP contribution in [0.25, 0.3) is 0 Å². The number of carbonyl (C=O) groups is 1. The number of amides is 1. The van der Waals surface area contributed by atoms with Gasteiger partial charge >= 0.3 is 6.18 Å². The molecule has 9 heteroatoms. The Morgan fingerprint density at radius 2 is 1.62 bits per heavy atom. The van der Waals surface area contributed by atoms with Crippen molar-refractivity contribution in [1.29, 1.82) is 0 Å². The number of hydrogen-bond donors (Lipinski definition) is 2. The second kappa shape index (κ2) is 13.9. The Morgan fingerprint density at radius 3 is 1.88 bits per heavy atom. The number of primary amides is 1. The number of halogens is 3. The molecule has 0 fully saturated rings. The Labute approximate surface area is 151 Å². The molecule has 1 aromatic rings. The van der Waals surface area contributed by atoms with Gasteiger partial charge in [-0.3, -0.25) is 4.79 Å². The van der Waals surface area contributed by atoms with Crippen molar-refractivity contribution in [3.63, 3.8) is 0 Å². The van der Waals surface area contributed by atoms with E-state index in [1.54, 1.807) is 6.07 Å². The molecule has 0 aliphatic heterocycles. The summed E-state index contributed by atoms with van der Waals surface area (Å²) in [4.78, 5) is 11.1. The lowest BCUT2D eigenvalue weighted by Gasteiger charge is -2.20. The third-order valence-corrected chi connectivity index (χ3v) is 2.77. The van der Waals surface area contributed by atoms with E-state index in [9.17, 15) is 13.2 Å². The Hall–Kier alpha value is -1.48. The van der Waals surface area contributed by atoms with Crippen LogP contribution in [0.3, 0.4) is 0 Å². The van der Waals surface area contributed by atoms with E-state index in [1.807, 2.05) is 11.8 Å². The van der Waals surface area contributed by atoms with Gasteiger partial charge in [-0.2, -0.15) is 13.2 Å². The summed E-state index contributed by atoms with van der Waals surface area (Å²) in [5.41, 5.74) is 3.73. The van der Waals surface area contributed by atoms with Crippen LogP contribution in [0.15, 0.2) is 30.3 Å². The zero-order valence-corrected chi connectivity index (χ0v) is 15.5. The minimum atomic E-state index is -4.21. The van der Waals surface area contributed by atoms with E-state index in [2.05, 4.69) is 32.2 Å². The lowest BCUT2D eigenvalue weighted by molar-refractivity contribution is -0.137. The van der Waals surface area contributed by atoms with Crippen LogP contribution < -0.4 is 5.73 Å². The van der Waals surface area contributed by atoms with Crippen molar-refractivity contribution in [1.82, 2.24) is 4.90 Å². The van der Waals surface area contributed by atoms with Crippen LogP contribution in [0.2, 0.25) is 0 Å². The minimum absolute atomic E-state index is 0.602. The molecule has 4 nitrogen and oxygen atoms in total. The third kappa shape index (κ3) is 14.1. The summed E-state index contributed by atoms with van der Waals surface area (Å²) < 4.78 is 40.5. The van der Waals surface area contributed by atoms with Crippen molar-refractivity contribution in [2.45, 2.75) is 26.9 Å². The SMILES string of the molecule is CCOC(=S)N(CC)CC.FC(F)(F)c1ccccc1.NC(=O)S. The number of thiocarbonyl (C=S) groups is 1. The van der Waals surface area contributed by atoms with Crippen LogP contribution >= 0.6 is 24.8 Å². The molecule has 1 rings (SSSR count). The maximum Gasteiger partial charge on any atom is 0.416 e. The molecule has 1 amide bonds. The highest BCUT2D eigenvalue weighted by Gasteiger charge is 2.29. The highest BCUT2D eigenvalue weighted by Crippen LogP contribution is 2.28. The average molecular weight is 384 g/mol. The molecule has 0 aliphatic carbocycles. The normalized spacial score (nSPS) is 9.62. The Morgan fingerprint density at radius 1 is 1.21 bits per heavy atom. The topological polar surface area (TPSA) is 55.6 Å². The lowest BCUT2D eigenvalue weighted by atomic mass is 10.2. The van der Waals surface area contributed by atoms with Gasteiger partial charge in [0.05, 0.1) is 12.2 Å². The summed E-state index contributed by atoms with van der Waals surface area (Å²) >= 11 is 8.08. The summed E-state index contributed by atoms with van der Waals surface area (Å²) in [5, 5.41) is -0.0208. The second-order valence-corrected chi connectivity index (χ2v) is 4.86. The molecule has 0 saturated heterocycles. The zero-order valence-electron chi connectivity index (χ0n) is 13.8. The number of carbonyl (C=O) groups excluding carboxylic acids is 1. The molecule has 0 heterocycles. The molecular weight excluding hydrogens is 361 g/mol. The third-order valence-electron chi connectivity index (χ3n) is 2.39. The first-order valence-electron chi connectivity index (χ1n) is 7.12. The van der Waals surface area contributed by atoms with Crippen molar-refractivity contribution >= 4 is 35.3 Å². The van der Waals surface area contributed by atoms with Gasteiger partial charge in [0.2, 0.25) is 0 Å². The molecule has 0 bridgehead atoms. The van der Waals surface area contributed by atoms with Gasteiger partial charge in [-0.15, -0.1) is 0 Å². The van der Waals surface area contributed by atoms with Gasteiger partial charge in [-0.1, -0.05) is 43.0 Å². The fourth-order valence-corrected chi connectivity index (χ4v) is 1.70. The largest absolute Gasteiger partial charge is 0.471 e. The summed E-state index contributed by atoms with van der Waals surface area (Å²) in [6.45, 7) is 8.58. The number of alkyl halides is 3. The van der Waals surface area contributed by atoms with Crippen molar-refractivity contribution in [3.8, 4) is 0 Å². The van der Waals surface area contributed by atoms with E-state index in [0.717, 1.165) is 25.2 Å². The van der Waals surface area contributed by atoms with E-state index in [0.29, 0.717) is 11.8 Å². The molecule has 0 aliphatic rings. The van der Waals surface area contributed by atoms with Crippen LogP contribution in [0.1, 0.15) is 26.3 Å². The van der Waals surface area contributed by atoms with Gasteiger partial charge in [-0.25, -0.2) is 0 Å². The van der Waals surface area contributed by atoms with Crippen LogP contribution in [0.4, 0.5) is 18.0 Å². The predicted octanol–water partition coefficient (Wildman–Crippen LogP) is 4.35. The maximum atomic E-state index is 11.8. The summed E-state index contributed by atoms with van der Waals surface area (Å²) in [5.74, 6) is 0. The Bertz CT molecular complexity index is 464. The molecule has 0 aromatic heterocycles. The monoisotopic (exact) mass is 384 g/mol. The van der Waals surface area contributed by atoms with E-state index in [1.165, 1.54) is 12.1 Å². The molecule has 138 valence electrons. The second-order valence-electron chi connectivity index (χ2n) is 4.07. The minimum Gasteiger partial charge on any atom is -0.471 e. The van der Waals surface area contributed by atoms with Crippen molar-refractivity contribution in [2.75, 3.05) is 19.7 Å². The van der Waals surface area contributed by atoms with Gasteiger partial charge in [0, 0.05) is 13.1 Å². The highest BCUT2D eigenvalue weighted by atomic mass is 32.1. The highest BCUT2D eigenvalue weighted by molar-refractivity contribution is 7.96. The Balaban J connectivity index is 0. The smallest absolute Gasteiger partial charge is 0.416 e. The van der Waals surface area contributed by atoms with E-state index in [4.69, 9.17) is 21.7 Å². The summed E-state index contributed by atoms with van der Waals surface area (Å²) in [6, 6.07) is 6.36. The van der Waals surface area contributed by atoms with Crippen LogP contribution in [0.5, 0.6) is 0 Å². The first kappa shape index (κ1) is 24.8. The van der Waals surface area contributed by atoms with Gasteiger partial charge < -0.3 is 15.4 Å². The summed E-state index contributed by atoms with van der Waals surface area (Å²) in [6.07, 6.45) is -4.21. The number of nitrogens with zero attached hydrogens (tertiary/aromatic N) is 1. The zero-order chi connectivity index (χ0) is 19.2. The van der Waals surface area contributed by atoms with Crippen molar-refractivity contribution in [2.24, 2.45) is 5.73 Å². The predicted molar refractivity (Wildman–Crippen MR) is 97.2 cm³/mol. The maximum absolute atomic E-state index is 11.8. The fraction of sp³-hybridized carbons (Fsp3) is 0.467. The van der Waals surface area contributed by atoms with Crippen molar-refractivity contribution in [3.05, 3.63) is 35.9 Å². The van der Waals surface area contributed by atoms with E-state index >= 15 is 0 Å². The van der Waals surface area contributed by atoms with Crippen LogP contribution in [-0.2, 0) is 10.9 Å². The molecule has 0 radical (unpaired) electrons. The molecular formula is C15H23F3N2O2S2. The molecule has 0 saturated carbocycles. The van der Waals surface area contributed by atoms with Gasteiger partial charge in [0.15, 0.2) is 0 Å². The van der Waals surface area contributed by atoms with E-state index in [-0.39, 0.29) is 0 Å². The molecule has 24 heavy (non-hydrogen) atoms. The van der Waals surface area contributed by atoms with Crippen molar-refractivity contribution < 1.29 is 22.7 Å². The first-order chi connectivity index (χ1) is 11.1. The number of thiol groups is 1. The molecule has 0 unspecified atom stereocenters. The van der Waals surface area contributed by atoms with E-state index < -0.39 is 17.0 Å². The number of ether oxygens (including phenoxy) is 1. The molecule has 1 aromatic carbocycles. The number of benzene rings is 1. The Kier molecular flexibility index (Phi) is 14.4. The quantitative estimate of drug-likeness (QED) is 0.601. The number of nitrogens with two attached hydrogens (primary N) is 1. The standard InChI is InChI=1S/C7H5F3.C7H15NOS.CH3NOS/c8-7(9,10)6-4-2-1-3-5-6;1-4-8(5-2)7(10)9-6-3;2-1(3)4/h1-5H;4-6H2,1-3H3;(H3,2,3,4). The molecule has 0 atom stereocenters. The van der Waals surface area contributed by atoms with Crippen LogP contribution in [-0.4, -0.2) is 35.0 Å². The summed E-state index contributed by atoms with van der Waals surface area (Å²) in [7, 11) is 0. The lowest BCUT2D eigenvalue weighted by Crippen LogP contribution is -2.30. The fourth-order valence-electron chi connectivity index (χ4n) is 1.32. The first-order valence-corrected chi connectivity index (χ1v) is 7.97. The molecule has 0 spiro atoms. The van der Waals surface area contributed by atoms with Gasteiger partial charge in [0.1, 0.15) is 0 Å². The number of hydrogen-bond acceptors (Lipinski definition) is 3. The average Bonchev–Trinajstić information content (AvgIpc) is 2.49. The van der Waals surface area contributed by atoms with Gasteiger partial charge in [0.25, 0.3) is 10.4 Å². The van der Waals surface area contributed by atoms with Gasteiger partial charge in [-0.05, 0) is 33.0 Å². The van der Waals surface area contributed by atoms with Crippen LogP contribution in [0, 0.1) is 0 Å². The number of rotatable bonds is 3. The molecule has 2 N–H and O–H groups in total.